The molecule has 3 amide bonds. The summed E-state index contributed by atoms with van der Waals surface area (Å²) in [5, 5.41) is 8.47. The summed E-state index contributed by atoms with van der Waals surface area (Å²) >= 11 is 0. The fraction of sp³-hybridized carbons (Fsp3) is 0.333. The normalized spacial score (nSPS) is 15.7. The Morgan fingerprint density at radius 2 is 1.64 bits per heavy atom. The molecule has 1 fully saturated rings. The number of carbonyl (C=O) groups excluding carboxylic acids is 2. The van der Waals surface area contributed by atoms with Gasteiger partial charge in [0.1, 0.15) is 11.9 Å². The van der Waals surface area contributed by atoms with Gasteiger partial charge in [0.15, 0.2) is 0 Å². The van der Waals surface area contributed by atoms with E-state index in [1.165, 1.54) is 0 Å². The van der Waals surface area contributed by atoms with Gasteiger partial charge in [-0.1, -0.05) is 24.3 Å². The number of nitrogens with one attached hydrogen (secondary N) is 3. The first-order valence-electron chi connectivity index (χ1n) is 9.30. The maximum atomic E-state index is 12.0. The second-order valence-corrected chi connectivity index (χ2v) is 6.57. The average molecular weight is 383 g/mol. The van der Waals surface area contributed by atoms with E-state index in [2.05, 4.69) is 16.0 Å². The highest BCUT2D eigenvalue weighted by Gasteiger charge is 2.22. The zero-order chi connectivity index (χ0) is 19.8. The SMILES string of the molecule is COc1ccc(CNC(=O)Nc2ccc(CNC(=O)[C@@H]3CCCO3)cc2)cc1. The number of urea groups is 1. The molecule has 2 aromatic carbocycles. The molecule has 1 saturated heterocycles. The minimum atomic E-state index is -0.324. The van der Waals surface area contributed by atoms with Gasteiger partial charge in [-0.25, -0.2) is 4.79 Å². The number of amides is 3. The van der Waals surface area contributed by atoms with Gasteiger partial charge >= 0.3 is 6.03 Å². The van der Waals surface area contributed by atoms with Crippen LogP contribution in [0.5, 0.6) is 5.75 Å². The lowest BCUT2D eigenvalue weighted by atomic mass is 10.2. The minimum absolute atomic E-state index is 0.0717. The Hall–Kier alpha value is -3.06. The maximum Gasteiger partial charge on any atom is 0.319 e. The summed E-state index contributed by atoms with van der Waals surface area (Å²) in [6.07, 6.45) is 1.38. The van der Waals surface area contributed by atoms with Gasteiger partial charge in [0, 0.05) is 25.4 Å². The van der Waals surface area contributed by atoms with Crippen molar-refractivity contribution < 1.29 is 19.1 Å². The third-order valence-electron chi connectivity index (χ3n) is 4.51. The molecule has 0 unspecified atom stereocenters. The maximum absolute atomic E-state index is 12.0. The van der Waals surface area contributed by atoms with Crippen LogP contribution in [-0.4, -0.2) is 31.8 Å². The van der Waals surface area contributed by atoms with Gasteiger partial charge in [-0.05, 0) is 48.2 Å². The molecule has 7 nitrogen and oxygen atoms in total. The molecular weight excluding hydrogens is 358 g/mol. The second kappa shape index (κ2) is 9.75. The predicted octanol–water partition coefficient (Wildman–Crippen LogP) is 2.81. The molecule has 28 heavy (non-hydrogen) atoms. The van der Waals surface area contributed by atoms with Crippen LogP contribution in [0.3, 0.4) is 0 Å². The van der Waals surface area contributed by atoms with Crippen LogP contribution in [-0.2, 0) is 22.6 Å². The Labute approximate surface area is 164 Å². The van der Waals surface area contributed by atoms with Crippen molar-refractivity contribution >= 4 is 17.6 Å². The first kappa shape index (κ1) is 19.7. The molecule has 148 valence electrons. The summed E-state index contributed by atoms with van der Waals surface area (Å²) in [5.41, 5.74) is 2.62. The van der Waals surface area contributed by atoms with E-state index in [9.17, 15) is 9.59 Å². The van der Waals surface area contributed by atoms with Crippen LogP contribution >= 0.6 is 0 Å². The number of benzene rings is 2. The molecule has 1 atom stereocenters. The Kier molecular flexibility index (Phi) is 6.86. The van der Waals surface area contributed by atoms with Crippen LogP contribution in [0.2, 0.25) is 0 Å². The van der Waals surface area contributed by atoms with Crippen molar-refractivity contribution in [3.8, 4) is 5.75 Å². The zero-order valence-electron chi connectivity index (χ0n) is 15.9. The fourth-order valence-electron chi connectivity index (χ4n) is 2.89. The van der Waals surface area contributed by atoms with Crippen molar-refractivity contribution in [2.24, 2.45) is 0 Å². The molecule has 0 saturated carbocycles. The van der Waals surface area contributed by atoms with E-state index in [-0.39, 0.29) is 18.0 Å². The van der Waals surface area contributed by atoms with Crippen LogP contribution in [0, 0.1) is 0 Å². The quantitative estimate of drug-likeness (QED) is 0.686. The van der Waals surface area contributed by atoms with E-state index in [0.29, 0.717) is 25.4 Å². The molecule has 2 aromatic rings. The summed E-state index contributed by atoms with van der Waals surface area (Å²) in [4.78, 5) is 24.0. The molecule has 0 radical (unpaired) electrons. The fourth-order valence-corrected chi connectivity index (χ4v) is 2.89. The number of rotatable bonds is 7. The summed E-state index contributed by atoms with van der Waals surface area (Å²) in [7, 11) is 1.62. The third kappa shape index (κ3) is 5.72. The van der Waals surface area contributed by atoms with E-state index in [0.717, 1.165) is 29.7 Å². The van der Waals surface area contributed by atoms with Crippen LogP contribution < -0.4 is 20.7 Å². The molecule has 0 spiro atoms. The number of anilines is 1. The highest BCUT2D eigenvalue weighted by atomic mass is 16.5. The third-order valence-corrected chi connectivity index (χ3v) is 4.51. The van der Waals surface area contributed by atoms with Gasteiger partial charge in [-0.3, -0.25) is 4.79 Å². The number of ether oxygens (including phenoxy) is 2. The monoisotopic (exact) mass is 383 g/mol. The van der Waals surface area contributed by atoms with Gasteiger partial charge in [0.2, 0.25) is 5.91 Å². The van der Waals surface area contributed by atoms with Gasteiger partial charge in [0.25, 0.3) is 0 Å². The largest absolute Gasteiger partial charge is 0.497 e. The van der Waals surface area contributed by atoms with Gasteiger partial charge in [0.05, 0.1) is 7.11 Å². The molecule has 0 aromatic heterocycles. The average Bonchev–Trinajstić information content (AvgIpc) is 3.27. The van der Waals surface area contributed by atoms with Crippen LogP contribution in [0.1, 0.15) is 24.0 Å². The van der Waals surface area contributed by atoms with Crippen molar-refractivity contribution in [1.29, 1.82) is 0 Å². The summed E-state index contributed by atoms with van der Waals surface area (Å²) in [6, 6.07) is 14.6. The molecule has 1 aliphatic heterocycles. The lowest BCUT2D eigenvalue weighted by Crippen LogP contribution is -2.33. The second-order valence-electron chi connectivity index (χ2n) is 6.57. The van der Waals surface area contributed by atoms with Gasteiger partial charge in [-0.2, -0.15) is 0 Å². The van der Waals surface area contributed by atoms with Crippen molar-refractivity contribution in [1.82, 2.24) is 10.6 Å². The Morgan fingerprint density at radius 3 is 2.25 bits per heavy atom. The van der Waals surface area contributed by atoms with E-state index >= 15 is 0 Å². The van der Waals surface area contributed by atoms with Crippen LogP contribution in [0.4, 0.5) is 10.5 Å². The van der Waals surface area contributed by atoms with Crippen LogP contribution in [0.25, 0.3) is 0 Å². The lowest BCUT2D eigenvalue weighted by molar-refractivity contribution is -0.130. The standard InChI is InChI=1S/C21H25N3O4/c1-27-18-10-6-16(7-11-18)14-23-21(26)24-17-8-4-15(5-9-17)13-22-20(25)19-3-2-12-28-19/h4-11,19H,2-3,12-14H2,1H3,(H,22,25)(H2,23,24,26)/t19-/m0/s1. The van der Waals surface area contributed by atoms with E-state index < -0.39 is 0 Å². The number of hydrogen-bond acceptors (Lipinski definition) is 4. The van der Waals surface area contributed by atoms with Crippen molar-refractivity contribution in [3.05, 3.63) is 59.7 Å². The number of methoxy groups -OCH3 is 1. The van der Waals surface area contributed by atoms with Crippen molar-refractivity contribution in [2.75, 3.05) is 19.0 Å². The molecule has 0 aliphatic carbocycles. The van der Waals surface area contributed by atoms with Gasteiger partial charge in [-0.15, -0.1) is 0 Å². The topological polar surface area (TPSA) is 88.7 Å². The summed E-state index contributed by atoms with van der Waals surface area (Å²) < 4.78 is 10.5. The zero-order valence-corrected chi connectivity index (χ0v) is 15.9. The van der Waals surface area contributed by atoms with Crippen molar-refractivity contribution in [2.45, 2.75) is 32.0 Å². The summed E-state index contributed by atoms with van der Waals surface area (Å²) in [6.45, 7) is 1.50. The Bertz CT molecular complexity index is 784. The molecule has 3 rings (SSSR count). The molecule has 1 aliphatic rings. The molecular formula is C21H25N3O4. The highest BCUT2D eigenvalue weighted by molar-refractivity contribution is 5.89. The van der Waals surface area contributed by atoms with Gasteiger partial charge < -0.3 is 25.4 Å². The Balaban J connectivity index is 1.41. The van der Waals surface area contributed by atoms with E-state index in [1.807, 2.05) is 36.4 Å². The minimum Gasteiger partial charge on any atom is -0.497 e. The molecule has 3 N–H and O–H groups in total. The first-order chi connectivity index (χ1) is 13.6. The smallest absolute Gasteiger partial charge is 0.319 e. The number of hydrogen-bond donors (Lipinski definition) is 3. The highest BCUT2D eigenvalue weighted by Crippen LogP contribution is 2.14. The Morgan fingerprint density at radius 1 is 1.00 bits per heavy atom. The molecule has 0 bridgehead atoms. The van der Waals surface area contributed by atoms with E-state index in [4.69, 9.17) is 9.47 Å². The number of carbonyl (C=O) groups is 2. The summed E-state index contributed by atoms with van der Waals surface area (Å²) in [5.74, 6) is 0.706. The molecule has 1 heterocycles. The van der Waals surface area contributed by atoms with Crippen LogP contribution in [0.15, 0.2) is 48.5 Å². The van der Waals surface area contributed by atoms with E-state index in [1.54, 1.807) is 19.2 Å². The molecule has 7 heteroatoms. The first-order valence-corrected chi connectivity index (χ1v) is 9.30. The lowest BCUT2D eigenvalue weighted by Gasteiger charge is -2.11. The van der Waals surface area contributed by atoms with Crippen molar-refractivity contribution in [3.63, 3.8) is 0 Å². The predicted molar refractivity (Wildman–Crippen MR) is 106 cm³/mol.